The lowest BCUT2D eigenvalue weighted by atomic mass is 10.1. The number of hydrogen-bond donors (Lipinski definition) is 3. The Morgan fingerprint density at radius 1 is 1.12 bits per heavy atom. The van der Waals surface area contributed by atoms with Crippen molar-refractivity contribution in [2.24, 2.45) is 0 Å². The Kier molecular flexibility index (Phi) is 7.08. The van der Waals surface area contributed by atoms with Crippen LogP contribution in [-0.4, -0.2) is 27.8 Å². The molecule has 172 valence electrons. The van der Waals surface area contributed by atoms with Gasteiger partial charge in [-0.2, -0.15) is 0 Å². The first-order chi connectivity index (χ1) is 16.0. The molecule has 0 fully saturated rings. The molecule has 0 radical (unpaired) electrons. The Balaban J connectivity index is 1.50. The summed E-state index contributed by atoms with van der Waals surface area (Å²) in [6.07, 6.45) is 3.48. The lowest BCUT2D eigenvalue weighted by molar-refractivity contribution is 0.292. The molecule has 0 bridgehead atoms. The van der Waals surface area contributed by atoms with E-state index in [2.05, 4.69) is 10.3 Å². The number of aliphatic hydroxyl groups is 1. The van der Waals surface area contributed by atoms with Crippen LogP contribution in [-0.2, 0) is 19.7 Å². The van der Waals surface area contributed by atoms with E-state index in [1.54, 1.807) is 12.3 Å². The van der Waals surface area contributed by atoms with Crippen LogP contribution < -0.4 is 15.6 Å². The van der Waals surface area contributed by atoms with Crippen molar-refractivity contribution < 1.29 is 18.6 Å². The average Bonchev–Trinajstić information content (AvgIpc) is 3.20. The Labute approximate surface area is 193 Å². The topological polar surface area (TPSA) is 79.3 Å². The zero-order chi connectivity index (χ0) is 23.4. The van der Waals surface area contributed by atoms with Gasteiger partial charge in [-0.3, -0.25) is 4.79 Å². The lowest BCUT2D eigenvalue weighted by Crippen LogP contribution is -2.21. The first-order valence-electron chi connectivity index (χ1n) is 10.3. The fourth-order valence-electron chi connectivity index (χ4n) is 3.53. The third-order valence-corrected chi connectivity index (χ3v) is 5.61. The molecule has 4 rings (SSSR count). The number of H-pyrrole nitrogens is 1. The summed E-state index contributed by atoms with van der Waals surface area (Å²) in [5.41, 5.74) is 2.66. The number of nitrogens with one attached hydrogen (secondary N) is 2. The summed E-state index contributed by atoms with van der Waals surface area (Å²) in [7, 11) is 0. The van der Waals surface area contributed by atoms with Crippen LogP contribution in [0.5, 0.6) is 5.75 Å². The summed E-state index contributed by atoms with van der Waals surface area (Å²) in [6, 6.07) is 10.6. The molecule has 9 heteroatoms. The van der Waals surface area contributed by atoms with Crippen molar-refractivity contribution in [3.63, 3.8) is 0 Å². The first-order valence-corrected chi connectivity index (χ1v) is 10.7. The highest BCUT2D eigenvalue weighted by Crippen LogP contribution is 2.23. The Hall–Kier alpha value is -3.20. The van der Waals surface area contributed by atoms with Gasteiger partial charge in [0.15, 0.2) is 0 Å². The van der Waals surface area contributed by atoms with Gasteiger partial charge in [0.05, 0.1) is 13.2 Å². The zero-order valence-corrected chi connectivity index (χ0v) is 18.3. The number of pyridine rings is 1. The third kappa shape index (κ3) is 5.24. The number of halogens is 3. The molecule has 4 aromatic rings. The van der Waals surface area contributed by atoms with Gasteiger partial charge >= 0.3 is 0 Å². The monoisotopic (exact) mass is 473 g/mol. The maximum absolute atomic E-state index is 13.8. The maximum atomic E-state index is 13.8. The number of benzene rings is 2. The first kappa shape index (κ1) is 23.0. The summed E-state index contributed by atoms with van der Waals surface area (Å²) in [5, 5.41) is 13.0. The summed E-state index contributed by atoms with van der Waals surface area (Å²) >= 11 is 6.22. The molecule has 6 nitrogen and oxygen atoms in total. The van der Waals surface area contributed by atoms with E-state index < -0.39 is 17.2 Å². The summed E-state index contributed by atoms with van der Waals surface area (Å²) in [5.74, 6) is -1.28. The SMILES string of the molecule is O=c1c(Cl)c(OCc2ccc(F)cc2F)ccn1Cc1ccc2[nH]cc(CNCCO)c2c1. The fourth-order valence-corrected chi connectivity index (χ4v) is 3.76. The molecule has 0 amide bonds. The van der Waals surface area contributed by atoms with E-state index in [9.17, 15) is 13.6 Å². The smallest absolute Gasteiger partial charge is 0.273 e. The minimum atomic E-state index is -0.731. The van der Waals surface area contributed by atoms with Gasteiger partial charge in [0, 0.05) is 48.0 Å². The number of ether oxygens (including phenoxy) is 1. The van der Waals surface area contributed by atoms with Gasteiger partial charge in [-0.15, -0.1) is 0 Å². The highest BCUT2D eigenvalue weighted by Gasteiger charge is 2.12. The van der Waals surface area contributed by atoms with Crippen molar-refractivity contribution in [3.05, 3.63) is 98.6 Å². The molecule has 0 atom stereocenters. The van der Waals surface area contributed by atoms with Crippen LogP contribution in [0.4, 0.5) is 8.78 Å². The zero-order valence-electron chi connectivity index (χ0n) is 17.6. The van der Waals surface area contributed by atoms with Crippen molar-refractivity contribution in [2.75, 3.05) is 13.2 Å². The lowest BCUT2D eigenvalue weighted by Gasteiger charge is -2.12. The van der Waals surface area contributed by atoms with Crippen LogP contribution in [0.3, 0.4) is 0 Å². The van der Waals surface area contributed by atoms with Crippen LogP contribution in [0.2, 0.25) is 5.02 Å². The number of rotatable bonds is 9. The van der Waals surface area contributed by atoms with Crippen molar-refractivity contribution >= 4 is 22.5 Å². The number of aliphatic hydroxyl groups excluding tert-OH is 1. The van der Waals surface area contributed by atoms with E-state index in [1.165, 1.54) is 10.6 Å². The Bertz CT molecular complexity index is 1340. The van der Waals surface area contributed by atoms with Crippen molar-refractivity contribution in [1.82, 2.24) is 14.9 Å². The number of nitrogens with zero attached hydrogens (tertiary/aromatic N) is 1. The third-order valence-electron chi connectivity index (χ3n) is 5.26. The van der Waals surface area contributed by atoms with Gasteiger partial charge in [0.25, 0.3) is 5.56 Å². The van der Waals surface area contributed by atoms with Crippen LogP contribution in [0.15, 0.2) is 59.7 Å². The van der Waals surface area contributed by atoms with Gasteiger partial charge in [-0.1, -0.05) is 17.7 Å². The van der Waals surface area contributed by atoms with Crippen LogP contribution >= 0.6 is 11.6 Å². The minimum Gasteiger partial charge on any atom is -0.487 e. The molecule has 0 aliphatic heterocycles. The fraction of sp³-hybridized carbons (Fsp3) is 0.208. The van der Waals surface area contributed by atoms with Gasteiger partial charge < -0.3 is 24.7 Å². The summed E-state index contributed by atoms with van der Waals surface area (Å²) in [6.45, 7) is 1.29. The van der Waals surface area contributed by atoms with E-state index in [0.717, 1.165) is 34.2 Å². The Morgan fingerprint density at radius 3 is 2.76 bits per heavy atom. The molecule has 3 N–H and O–H groups in total. The number of fused-ring (bicyclic) bond motifs is 1. The quantitative estimate of drug-likeness (QED) is 0.321. The second-order valence-corrected chi connectivity index (χ2v) is 7.92. The van der Waals surface area contributed by atoms with Gasteiger partial charge in [-0.25, -0.2) is 8.78 Å². The molecule has 33 heavy (non-hydrogen) atoms. The number of aromatic amines is 1. The maximum Gasteiger partial charge on any atom is 0.273 e. The van der Waals surface area contributed by atoms with Gasteiger partial charge in [0.2, 0.25) is 0 Å². The van der Waals surface area contributed by atoms with Crippen LogP contribution in [0, 0.1) is 11.6 Å². The predicted molar refractivity (Wildman–Crippen MR) is 123 cm³/mol. The van der Waals surface area contributed by atoms with Crippen LogP contribution in [0.1, 0.15) is 16.7 Å². The van der Waals surface area contributed by atoms with Crippen LogP contribution in [0.25, 0.3) is 10.9 Å². The predicted octanol–water partition coefficient (Wildman–Crippen LogP) is 3.97. The highest BCUT2D eigenvalue weighted by molar-refractivity contribution is 6.31. The molecule has 0 spiro atoms. The van der Waals surface area contributed by atoms with Crippen molar-refractivity contribution in [2.45, 2.75) is 19.7 Å². The minimum absolute atomic E-state index is 0.0653. The van der Waals surface area contributed by atoms with Gasteiger partial charge in [-0.05, 0) is 41.5 Å². The molecule has 0 unspecified atom stereocenters. The number of hydrogen-bond acceptors (Lipinski definition) is 4. The highest BCUT2D eigenvalue weighted by atomic mass is 35.5. The largest absolute Gasteiger partial charge is 0.487 e. The summed E-state index contributed by atoms with van der Waals surface area (Å²) in [4.78, 5) is 16.0. The van der Waals surface area contributed by atoms with E-state index >= 15 is 0 Å². The molecule has 0 aliphatic carbocycles. The van der Waals surface area contributed by atoms with E-state index in [4.69, 9.17) is 21.4 Å². The molecular formula is C24H22ClF2N3O3. The Morgan fingerprint density at radius 2 is 1.97 bits per heavy atom. The molecule has 2 aromatic carbocycles. The average molecular weight is 474 g/mol. The normalized spacial score (nSPS) is 11.3. The number of aromatic nitrogens is 2. The molecule has 2 aromatic heterocycles. The molecule has 0 aliphatic rings. The second kappa shape index (κ2) is 10.2. The molecule has 0 saturated carbocycles. The molecular weight excluding hydrogens is 452 g/mol. The standard InChI is InChI=1S/C24H22ClF2N3O3/c25-23-22(33-14-16-2-3-18(26)10-20(16)27)5-7-30(24(23)32)13-15-1-4-21-19(9-15)17(12-29-21)11-28-6-8-31/h1-5,7,9-10,12,28-29,31H,6,8,11,13-14H2. The summed E-state index contributed by atoms with van der Waals surface area (Å²) < 4.78 is 33.8. The molecule has 2 heterocycles. The van der Waals surface area contributed by atoms with E-state index in [1.807, 2.05) is 24.4 Å². The van der Waals surface area contributed by atoms with E-state index in [-0.39, 0.29) is 29.5 Å². The van der Waals surface area contributed by atoms with Crippen molar-refractivity contribution in [1.29, 1.82) is 0 Å². The second-order valence-electron chi connectivity index (χ2n) is 7.55. The van der Waals surface area contributed by atoms with Gasteiger partial charge in [0.1, 0.15) is 29.0 Å². The van der Waals surface area contributed by atoms with E-state index in [0.29, 0.717) is 19.6 Å². The van der Waals surface area contributed by atoms with Crippen molar-refractivity contribution in [3.8, 4) is 5.75 Å². The molecule has 0 saturated heterocycles.